The van der Waals surface area contributed by atoms with E-state index < -0.39 is 46.1 Å². The van der Waals surface area contributed by atoms with E-state index in [1.807, 2.05) is 24.3 Å². The largest absolute Gasteiger partial charge is 0.493 e. The molecule has 196 valence electrons. The maximum atomic E-state index is 16.3. The molecule has 1 aromatic heterocycles. The van der Waals surface area contributed by atoms with Crippen LogP contribution in [0.3, 0.4) is 0 Å². The molecule has 1 atom stereocenters. The number of hydrogen-bond donors (Lipinski definition) is 1. The highest BCUT2D eigenvalue weighted by Crippen LogP contribution is 2.80. The first kappa shape index (κ1) is 24.3. The fourth-order valence-corrected chi connectivity index (χ4v) is 6.58. The molecule has 37 heavy (non-hydrogen) atoms. The van der Waals surface area contributed by atoms with Crippen molar-refractivity contribution in [3.05, 3.63) is 71.6 Å². The van der Waals surface area contributed by atoms with Crippen molar-refractivity contribution in [3.8, 4) is 5.75 Å². The van der Waals surface area contributed by atoms with Crippen molar-refractivity contribution in [2.45, 2.75) is 42.7 Å². The number of ether oxygens (including phenoxy) is 1. The summed E-state index contributed by atoms with van der Waals surface area (Å²) >= 11 is 0. The number of tetrazole rings is 1. The highest BCUT2D eigenvalue weighted by molar-refractivity contribution is 5.44. The Labute approximate surface area is 211 Å². The molecule has 4 fully saturated rings. The zero-order valence-corrected chi connectivity index (χ0v) is 20.2. The number of hydrogen-bond acceptors (Lipinski definition) is 6. The molecule has 3 saturated carbocycles. The Balaban J connectivity index is 1.21. The number of likely N-dealkylation sites (tertiary alicyclic amines) is 1. The lowest BCUT2D eigenvalue weighted by atomic mass is 9.30. The summed E-state index contributed by atoms with van der Waals surface area (Å²) in [5.41, 5.74) is -4.68. The first-order chi connectivity index (χ1) is 17.6. The summed E-state index contributed by atoms with van der Waals surface area (Å²) in [6.45, 7) is 1.88. The Bertz CT molecular complexity index is 1280. The van der Waals surface area contributed by atoms with Gasteiger partial charge in [0.15, 0.2) is 5.60 Å². The number of alkyl halides is 2. The summed E-state index contributed by atoms with van der Waals surface area (Å²) in [6.07, 6.45) is 1.49. The highest BCUT2D eigenvalue weighted by atomic mass is 19.3. The van der Waals surface area contributed by atoms with Crippen molar-refractivity contribution < 1.29 is 27.4 Å². The molecule has 0 amide bonds. The van der Waals surface area contributed by atoms with Crippen molar-refractivity contribution in [1.29, 1.82) is 0 Å². The fourth-order valence-electron chi connectivity index (χ4n) is 6.58. The van der Waals surface area contributed by atoms with Crippen LogP contribution in [0.1, 0.15) is 30.4 Å². The number of halogens is 4. The molecule has 2 aromatic carbocycles. The van der Waals surface area contributed by atoms with Crippen LogP contribution < -0.4 is 4.74 Å². The lowest BCUT2D eigenvalue weighted by Crippen LogP contribution is -2.76. The molecule has 0 spiro atoms. The Kier molecular flexibility index (Phi) is 5.40. The second-order valence-corrected chi connectivity index (χ2v) is 11.1. The normalized spacial score (nSPS) is 27.1. The third-order valence-electron chi connectivity index (χ3n) is 8.47. The van der Waals surface area contributed by atoms with Crippen LogP contribution in [0.4, 0.5) is 17.6 Å². The van der Waals surface area contributed by atoms with Crippen LogP contribution >= 0.6 is 0 Å². The van der Waals surface area contributed by atoms with Crippen LogP contribution in [0, 0.1) is 23.0 Å². The average Bonchev–Trinajstić information content (AvgIpc) is 3.27. The van der Waals surface area contributed by atoms with E-state index in [-0.39, 0.29) is 19.3 Å². The van der Waals surface area contributed by atoms with Crippen molar-refractivity contribution in [2.75, 3.05) is 26.7 Å². The molecule has 1 aliphatic heterocycles. The second-order valence-electron chi connectivity index (χ2n) is 11.1. The molecule has 1 unspecified atom stereocenters. The minimum atomic E-state index is -3.74. The Hall–Kier alpha value is -3.05. The number of rotatable bonds is 9. The van der Waals surface area contributed by atoms with Crippen molar-refractivity contribution >= 4 is 0 Å². The number of aliphatic hydroxyl groups is 1. The molecule has 3 aliphatic carbocycles. The van der Waals surface area contributed by atoms with Gasteiger partial charge in [-0.2, -0.15) is 0 Å². The molecule has 2 bridgehead atoms. The topological polar surface area (TPSA) is 76.3 Å². The SMILES string of the molecule is CN1CC(COc2ccc(C34CC(C(F)(F)C(O)(Cn5cnnn5)c5ccc(F)cc5F)(C3)C4)cc2)C1. The van der Waals surface area contributed by atoms with Gasteiger partial charge in [0.05, 0.1) is 13.2 Å². The summed E-state index contributed by atoms with van der Waals surface area (Å²) in [7, 11) is 2.06. The summed E-state index contributed by atoms with van der Waals surface area (Å²) in [5, 5.41) is 21.9. The van der Waals surface area contributed by atoms with Crippen molar-refractivity contribution in [2.24, 2.45) is 11.3 Å². The first-order valence-electron chi connectivity index (χ1n) is 12.2. The molecule has 1 N–H and O–H groups in total. The van der Waals surface area contributed by atoms with Gasteiger partial charge < -0.3 is 14.7 Å². The molecular formula is C26H27F4N5O2. The minimum absolute atomic E-state index is 0.141. The quantitative estimate of drug-likeness (QED) is 0.438. The van der Waals surface area contributed by atoms with E-state index in [4.69, 9.17) is 4.74 Å². The van der Waals surface area contributed by atoms with Crippen LogP contribution in [-0.2, 0) is 17.6 Å². The highest BCUT2D eigenvalue weighted by Gasteiger charge is 2.82. The predicted molar refractivity (Wildman–Crippen MR) is 124 cm³/mol. The minimum Gasteiger partial charge on any atom is -0.493 e. The third kappa shape index (κ3) is 3.65. The van der Waals surface area contributed by atoms with Gasteiger partial charge in [-0.05, 0) is 72.0 Å². The van der Waals surface area contributed by atoms with Gasteiger partial charge in [0.25, 0.3) is 5.92 Å². The zero-order chi connectivity index (χ0) is 26.1. The molecule has 4 aliphatic rings. The summed E-state index contributed by atoms with van der Waals surface area (Å²) in [5.74, 6) is -4.66. The average molecular weight is 518 g/mol. The third-order valence-corrected chi connectivity index (χ3v) is 8.47. The lowest BCUT2D eigenvalue weighted by molar-refractivity contribution is -0.347. The van der Waals surface area contributed by atoms with E-state index in [9.17, 15) is 13.9 Å². The standard InChI is InChI=1S/C26H27F4N5O2/c1-34-9-17(10-34)11-37-20-5-2-18(3-6-20)23-12-24(13-23,14-23)26(29,30)25(36,15-35-16-31-32-33-35)21-7-4-19(27)8-22(21)28/h2-8,16-17,36H,9-15H2,1H3. The Morgan fingerprint density at radius 2 is 1.78 bits per heavy atom. The van der Waals surface area contributed by atoms with Crippen LogP contribution in [0.25, 0.3) is 0 Å². The molecule has 7 rings (SSSR count). The van der Waals surface area contributed by atoms with Crippen LogP contribution in [-0.4, -0.2) is 62.9 Å². The van der Waals surface area contributed by atoms with E-state index in [1.165, 1.54) is 0 Å². The predicted octanol–water partition coefficient (Wildman–Crippen LogP) is 3.54. The van der Waals surface area contributed by atoms with Gasteiger partial charge in [-0.15, -0.1) is 5.10 Å². The number of benzene rings is 2. The van der Waals surface area contributed by atoms with E-state index in [0.717, 1.165) is 47.5 Å². The monoisotopic (exact) mass is 517 g/mol. The molecule has 2 heterocycles. The Morgan fingerprint density at radius 1 is 1.08 bits per heavy atom. The van der Waals surface area contributed by atoms with Crippen molar-refractivity contribution in [3.63, 3.8) is 0 Å². The van der Waals surface area contributed by atoms with Gasteiger partial charge >= 0.3 is 0 Å². The molecule has 11 heteroatoms. The number of aromatic nitrogens is 4. The smallest absolute Gasteiger partial charge is 0.287 e. The zero-order valence-electron chi connectivity index (χ0n) is 20.2. The summed E-state index contributed by atoms with van der Waals surface area (Å²) in [4.78, 5) is 2.22. The lowest BCUT2D eigenvalue weighted by Gasteiger charge is -2.74. The van der Waals surface area contributed by atoms with Gasteiger partial charge in [-0.25, -0.2) is 22.2 Å². The van der Waals surface area contributed by atoms with Gasteiger partial charge in [-0.1, -0.05) is 12.1 Å². The first-order valence-corrected chi connectivity index (χ1v) is 12.2. The fraction of sp³-hybridized carbons (Fsp3) is 0.500. The molecule has 0 radical (unpaired) electrons. The molecular weight excluding hydrogens is 490 g/mol. The van der Waals surface area contributed by atoms with E-state index in [0.29, 0.717) is 18.6 Å². The van der Waals surface area contributed by atoms with Gasteiger partial charge in [0, 0.05) is 36.1 Å². The van der Waals surface area contributed by atoms with Gasteiger partial charge in [0.2, 0.25) is 0 Å². The van der Waals surface area contributed by atoms with Crippen LogP contribution in [0.2, 0.25) is 0 Å². The van der Waals surface area contributed by atoms with Crippen LogP contribution in [0.15, 0.2) is 48.8 Å². The van der Waals surface area contributed by atoms with Crippen molar-refractivity contribution in [1.82, 2.24) is 25.1 Å². The maximum Gasteiger partial charge on any atom is 0.287 e. The van der Waals surface area contributed by atoms with E-state index >= 15 is 8.78 Å². The molecule has 7 nitrogen and oxygen atoms in total. The second kappa shape index (κ2) is 8.22. The molecule has 1 saturated heterocycles. The van der Waals surface area contributed by atoms with Gasteiger partial charge in [0.1, 0.15) is 23.7 Å². The molecule has 3 aromatic rings. The summed E-state index contributed by atoms with van der Waals surface area (Å²) < 4.78 is 67.7. The number of nitrogens with zero attached hydrogens (tertiary/aromatic N) is 5. The van der Waals surface area contributed by atoms with E-state index in [2.05, 4.69) is 27.5 Å². The van der Waals surface area contributed by atoms with E-state index in [1.54, 1.807) is 0 Å². The van der Waals surface area contributed by atoms with Gasteiger partial charge in [-0.3, -0.25) is 0 Å². The maximum absolute atomic E-state index is 16.3. The Morgan fingerprint density at radius 3 is 2.38 bits per heavy atom. The summed E-state index contributed by atoms with van der Waals surface area (Å²) in [6, 6.07) is 9.77. The van der Waals surface area contributed by atoms with Crippen LogP contribution in [0.5, 0.6) is 5.75 Å².